The van der Waals surface area contributed by atoms with Crippen molar-refractivity contribution in [3.05, 3.63) is 18.3 Å². The highest BCUT2D eigenvalue weighted by molar-refractivity contribution is 7.86. The van der Waals surface area contributed by atoms with Crippen LogP contribution >= 0.6 is 0 Å². The van der Waals surface area contributed by atoms with Crippen LogP contribution in [0.5, 0.6) is 5.75 Å². The molecule has 0 amide bonds. The molecule has 20 heavy (non-hydrogen) atoms. The predicted molar refractivity (Wildman–Crippen MR) is 79.6 cm³/mol. The first-order valence-corrected chi connectivity index (χ1v) is 8.94. The van der Waals surface area contributed by atoms with Gasteiger partial charge in [0.2, 0.25) is 0 Å². The fourth-order valence-electron chi connectivity index (χ4n) is 2.80. The molecule has 0 unspecified atom stereocenters. The predicted octanol–water partition coefficient (Wildman–Crippen LogP) is 2.58. The molecule has 0 bridgehead atoms. The molecule has 0 saturated heterocycles. The van der Waals surface area contributed by atoms with E-state index in [1.54, 1.807) is 18.3 Å². The van der Waals surface area contributed by atoms with E-state index < -0.39 is 10.1 Å². The molecule has 1 aliphatic rings. The normalized spacial score (nSPS) is 16.9. The van der Waals surface area contributed by atoms with Crippen molar-refractivity contribution in [2.45, 2.75) is 45.1 Å². The monoisotopic (exact) mass is 298 g/mol. The summed E-state index contributed by atoms with van der Waals surface area (Å²) in [5.74, 6) is 0.953. The highest BCUT2D eigenvalue weighted by Gasteiger charge is 2.24. The zero-order valence-electron chi connectivity index (χ0n) is 12.1. The van der Waals surface area contributed by atoms with Gasteiger partial charge in [0.1, 0.15) is 0 Å². The number of pyridine rings is 1. The molecule has 1 heterocycles. The van der Waals surface area contributed by atoms with Crippen molar-refractivity contribution in [1.82, 2.24) is 4.98 Å². The Kier molecular flexibility index (Phi) is 4.86. The average molecular weight is 298 g/mol. The minimum absolute atomic E-state index is 0.322. The average Bonchev–Trinajstić information content (AvgIpc) is 2.41. The van der Waals surface area contributed by atoms with Crippen LogP contribution in [-0.4, -0.2) is 32.2 Å². The lowest BCUT2D eigenvalue weighted by Crippen LogP contribution is -2.37. The Bertz CT molecular complexity index is 539. The summed E-state index contributed by atoms with van der Waals surface area (Å²) < 4.78 is 27.8. The van der Waals surface area contributed by atoms with Crippen LogP contribution in [0.15, 0.2) is 18.3 Å². The third-order valence-corrected chi connectivity index (χ3v) is 4.10. The second-order valence-electron chi connectivity index (χ2n) is 5.19. The summed E-state index contributed by atoms with van der Waals surface area (Å²) in [6.45, 7) is 2.86. The molecule has 1 aromatic heterocycles. The van der Waals surface area contributed by atoms with Crippen molar-refractivity contribution in [3.63, 3.8) is 0 Å². The Balaban J connectivity index is 2.29. The van der Waals surface area contributed by atoms with Gasteiger partial charge >= 0.3 is 10.1 Å². The topological polar surface area (TPSA) is 59.5 Å². The molecule has 0 aliphatic heterocycles. The maximum atomic E-state index is 11.4. The summed E-state index contributed by atoms with van der Waals surface area (Å²) in [6, 6.07) is 3.78. The van der Waals surface area contributed by atoms with Gasteiger partial charge in [-0.1, -0.05) is 19.3 Å². The largest absolute Gasteiger partial charge is 0.379 e. The van der Waals surface area contributed by atoms with Gasteiger partial charge in [-0.05, 0) is 31.9 Å². The van der Waals surface area contributed by atoms with Crippen molar-refractivity contribution in [1.29, 1.82) is 0 Å². The van der Waals surface area contributed by atoms with Gasteiger partial charge in [0.25, 0.3) is 0 Å². The molecule has 1 aromatic rings. The van der Waals surface area contributed by atoms with Crippen LogP contribution in [0.1, 0.15) is 39.0 Å². The summed E-state index contributed by atoms with van der Waals surface area (Å²) in [5.41, 5.74) is 0. The van der Waals surface area contributed by atoms with Gasteiger partial charge in [-0.25, -0.2) is 4.98 Å². The number of hydrogen-bond acceptors (Lipinski definition) is 5. The van der Waals surface area contributed by atoms with Crippen molar-refractivity contribution in [2.24, 2.45) is 0 Å². The second kappa shape index (κ2) is 6.43. The molecule has 1 saturated carbocycles. The molecule has 1 fully saturated rings. The minimum Gasteiger partial charge on any atom is -0.379 e. The highest BCUT2D eigenvalue weighted by atomic mass is 32.2. The Hall–Kier alpha value is -1.30. The Morgan fingerprint density at radius 2 is 2.05 bits per heavy atom. The molecule has 0 aromatic carbocycles. The molecule has 1 aliphatic carbocycles. The van der Waals surface area contributed by atoms with Crippen LogP contribution in [-0.2, 0) is 10.1 Å². The molecule has 0 radical (unpaired) electrons. The zero-order valence-corrected chi connectivity index (χ0v) is 12.9. The van der Waals surface area contributed by atoms with E-state index in [4.69, 9.17) is 4.18 Å². The number of aromatic nitrogens is 1. The standard InChI is InChI=1S/C14H22N2O3S/c1-3-16(12-8-5-4-6-9-12)14-13(10-7-11-15-14)19-20(2,17)18/h7,10-12H,3-6,8-9H2,1-2H3. The summed E-state index contributed by atoms with van der Waals surface area (Å²) >= 11 is 0. The summed E-state index contributed by atoms with van der Waals surface area (Å²) in [6.07, 6.45) is 8.71. The van der Waals surface area contributed by atoms with E-state index in [1.807, 2.05) is 0 Å². The van der Waals surface area contributed by atoms with Crippen LogP contribution in [0.4, 0.5) is 5.82 Å². The fourth-order valence-corrected chi connectivity index (χ4v) is 3.26. The van der Waals surface area contributed by atoms with Gasteiger partial charge < -0.3 is 9.08 Å². The Morgan fingerprint density at radius 3 is 2.65 bits per heavy atom. The summed E-state index contributed by atoms with van der Waals surface area (Å²) in [4.78, 5) is 6.51. The molecule has 0 N–H and O–H groups in total. The molecule has 112 valence electrons. The minimum atomic E-state index is -3.54. The van der Waals surface area contributed by atoms with Gasteiger partial charge in [0.05, 0.1) is 6.26 Å². The SMILES string of the molecule is CCN(c1ncccc1OS(C)(=O)=O)C1CCCCC1. The zero-order chi connectivity index (χ0) is 14.6. The fraction of sp³-hybridized carbons (Fsp3) is 0.643. The van der Waals surface area contributed by atoms with Gasteiger partial charge in [-0.15, -0.1) is 0 Å². The molecule has 0 spiro atoms. The third kappa shape index (κ3) is 3.85. The van der Waals surface area contributed by atoms with Crippen LogP contribution in [0.25, 0.3) is 0 Å². The first-order chi connectivity index (χ1) is 9.51. The Morgan fingerprint density at radius 1 is 1.35 bits per heavy atom. The van der Waals surface area contributed by atoms with Gasteiger partial charge in [-0.2, -0.15) is 8.42 Å². The third-order valence-electron chi connectivity index (χ3n) is 3.62. The Labute approximate surface area is 121 Å². The summed E-state index contributed by atoms with van der Waals surface area (Å²) in [5, 5.41) is 0. The molecule has 6 heteroatoms. The number of nitrogens with zero attached hydrogens (tertiary/aromatic N) is 2. The van der Waals surface area contributed by atoms with Crippen LogP contribution in [0, 0.1) is 0 Å². The van der Waals surface area contributed by atoms with E-state index in [-0.39, 0.29) is 0 Å². The first kappa shape index (κ1) is 15.1. The van der Waals surface area contributed by atoms with Crippen LogP contribution < -0.4 is 9.08 Å². The smallest absolute Gasteiger partial charge is 0.306 e. The van der Waals surface area contributed by atoms with Crippen LogP contribution in [0.3, 0.4) is 0 Å². The van der Waals surface area contributed by atoms with E-state index in [1.165, 1.54) is 19.3 Å². The number of rotatable bonds is 5. The molecular weight excluding hydrogens is 276 g/mol. The van der Waals surface area contributed by atoms with Crippen LogP contribution in [0.2, 0.25) is 0 Å². The van der Waals surface area contributed by atoms with Gasteiger partial charge in [0, 0.05) is 18.8 Å². The van der Waals surface area contributed by atoms with Crippen molar-refractivity contribution in [3.8, 4) is 5.75 Å². The van der Waals surface area contributed by atoms with Crippen molar-refractivity contribution >= 4 is 15.9 Å². The van der Waals surface area contributed by atoms with Gasteiger partial charge in [-0.3, -0.25) is 0 Å². The maximum Gasteiger partial charge on any atom is 0.306 e. The van der Waals surface area contributed by atoms with Gasteiger partial charge in [0.15, 0.2) is 11.6 Å². The molecule has 5 nitrogen and oxygen atoms in total. The number of anilines is 1. The summed E-state index contributed by atoms with van der Waals surface area (Å²) in [7, 11) is -3.54. The lowest BCUT2D eigenvalue weighted by Gasteiger charge is -2.35. The number of hydrogen-bond donors (Lipinski definition) is 0. The van der Waals surface area contributed by atoms with E-state index >= 15 is 0 Å². The maximum absolute atomic E-state index is 11.4. The molecule has 0 atom stereocenters. The van der Waals surface area contributed by atoms with E-state index in [2.05, 4.69) is 16.8 Å². The van der Waals surface area contributed by atoms with E-state index in [9.17, 15) is 8.42 Å². The van der Waals surface area contributed by atoms with E-state index in [0.717, 1.165) is 25.6 Å². The van der Waals surface area contributed by atoms with E-state index in [0.29, 0.717) is 17.6 Å². The second-order valence-corrected chi connectivity index (χ2v) is 6.77. The first-order valence-electron chi connectivity index (χ1n) is 7.12. The molecule has 2 rings (SSSR count). The van der Waals surface area contributed by atoms with Crippen molar-refractivity contribution in [2.75, 3.05) is 17.7 Å². The quantitative estimate of drug-likeness (QED) is 0.782. The molecular formula is C14H22N2O3S. The van der Waals surface area contributed by atoms with Crippen molar-refractivity contribution < 1.29 is 12.6 Å². The lowest BCUT2D eigenvalue weighted by molar-refractivity contribution is 0.412. The lowest BCUT2D eigenvalue weighted by atomic mass is 9.94. The highest BCUT2D eigenvalue weighted by Crippen LogP contribution is 2.32.